The fraction of sp³-hybridized carbons (Fsp3) is 0.148. The predicted molar refractivity (Wildman–Crippen MR) is 144 cm³/mol. The quantitative estimate of drug-likeness (QED) is 0.202. The SMILES string of the molecule is CCOc1cc(/C=C2/NC(=O)N(CC(=O)Nc3ccccc3F)C2=O)cc(I)c1OCc1ccccc1. The van der Waals surface area contributed by atoms with Crippen LogP contribution in [0.3, 0.4) is 0 Å². The molecule has 8 nitrogen and oxygen atoms in total. The number of imide groups is 1. The second-order valence-electron chi connectivity index (χ2n) is 7.94. The molecule has 0 aliphatic carbocycles. The number of carbonyl (C=O) groups excluding carboxylic acids is 3. The summed E-state index contributed by atoms with van der Waals surface area (Å²) in [6, 6.07) is 18.1. The highest BCUT2D eigenvalue weighted by Gasteiger charge is 2.35. The molecule has 1 saturated heterocycles. The molecule has 0 radical (unpaired) electrons. The Morgan fingerprint density at radius 1 is 1.08 bits per heavy atom. The molecule has 2 N–H and O–H groups in total. The van der Waals surface area contributed by atoms with Gasteiger partial charge in [0.2, 0.25) is 5.91 Å². The molecule has 0 spiro atoms. The smallest absolute Gasteiger partial charge is 0.329 e. The van der Waals surface area contributed by atoms with E-state index in [0.717, 1.165) is 14.0 Å². The molecule has 0 atom stereocenters. The van der Waals surface area contributed by atoms with E-state index < -0.39 is 30.2 Å². The molecule has 1 fully saturated rings. The van der Waals surface area contributed by atoms with Gasteiger partial charge in [0.15, 0.2) is 11.5 Å². The van der Waals surface area contributed by atoms with Crippen LogP contribution < -0.4 is 20.1 Å². The lowest BCUT2D eigenvalue weighted by molar-refractivity contribution is -0.127. The Bertz CT molecular complexity index is 1360. The van der Waals surface area contributed by atoms with Crippen LogP contribution in [0.15, 0.2) is 72.4 Å². The number of benzene rings is 3. The average Bonchev–Trinajstić information content (AvgIpc) is 3.13. The van der Waals surface area contributed by atoms with Gasteiger partial charge in [0.25, 0.3) is 5.91 Å². The lowest BCUT2D eigenvalue weighted by atomic mass is 10.1. The van der Waals surface area contributed by atoms with Gasteiger partial charge in [0, 0.05) is 0 Å². The van der Waals surface area contributed by atoms with Crippen molar-refractivity contribution in [3.8, 4) is 11.5 Å². The summed E-state index contributed by atoms with van der Waals surface area (Å²) in [7, 11) is 0. The van der Waals surface area contributed by atoms with E-state index >= 15 is 0 Å². The molecule has 1 aliphatic heterocycles. The van der Waals surface area contributed by atoms with Crippen LogP contribution in [0.2, 0.25) is 0 Å². The van der Waals surface area contributed by atoms with E-state index in [2.05, 4.69) is 33.2 Å². The third-order valence-electron chi connectivity index (χ3n) is 5.28. The molecule has 190 valence electrons. The molecule has 3 aromatic rings. The molecule has 4 amide bonds. The number of nitrogens with one attached hydrogen (secondary N) is 2. The van der Waals surface area contributed by atoms with Gasteiger partial charge in [0.05, 0.1) is 15.9 Å². The number of para-hydroxylation sites is 1. The number of amides is 4. The van der Waals surface area contributed by atoms with Crippen molar-refractivity contribution in [1.82, 2.24) is 10.2 Å². The number of hydrogen-bond donors (Lipinski definition) is 2. The van der Waals surface area contributed by atoms with Crippen LogP contribution in [0, 0.1) is 9.39 Å². The molecular weight excluding hydrogens is 592 g/mol. The summed E-state index contributed by atoms with van der Waals surface area (Å²) in [6.07, 6.45) is 1.50. The van der Waals surface area contributed by atoms with Gasteiger partial charge in [-0.05, 0) is 71.0 Å². The van der Waals surface area contributed by atoms with Gasteiger partial charge in [-0.3, -0.25) is 9.59 Å². The number of hydrogen-bond acceptors (Lipinski definition) is 5. The second kappa shape index (κ2) is 11.9. The van der Waals surface area contributed by atoms with Crippen LogP contribution in [0.25, 0.3) is 6.08 Å². The normalized spacial score (nSPS) is 14.0. The highest BCUT2D eigenvalue weighted by molar-refractivity contribution is 14.1. The van der Waals surface area contributed by atoms with Crippen molar-refractivity contribution in [2.24, 2.45) is 0 Å². The van der Waals surface area contributed by atoms with Crippen molar-refractivity contribution in [2.75, 3.05) is 18.5 Å². The van der Waals surface area contributed by atoms with Crippen molar-refractivity contribution in [3.63, 3.8) is 0 Å². The Balaban J connectivity index is 1.49. The van der Waals surface area contributed by atoms with Gasteiger partial charge in [-0.1, -0.05) is 42.5 Å². The first-order valence-corrected chi connectivity index (χ1v) is 12.5. The van der Waals surface area contributed by atoms with Gasteiger partial charge in [-0.25, -0.2) is 14.1 Å². The number of nitrogens with zero attached hydrogens (tertiary/aromatic N) is 1. The number of ether oxygens (including phenoxy) is 2. The Labute approximate surface area is 226 Å². The van der Waals surface area contributed by atoms with Crippen LogP contribution in [-0.2, 0) is 16.2 Å². The fourth-order valence-corrected chi connectivity index (χ4v) is 4.36. The molecule has 3 aromatic carbocycles. The lowest BCUT2D eigenvalue weighted by Gasteiger charge is -2.15. The van der Waals surface area contributed by atoms with Gasteiger partial charge >= 0.3 is 6.03 Å². The standard InChI is InChI=1S/C27H23FIN3O5/c1-2-36-23-14-18(12-20(29)25(23)37-16-17-8-4-3-5-9-17)13-22-26(34)32(27(35)31-22)15-24(33)30-21-11-7-6-10-19(21)28/h3-14H,2,15-16H2,1H3,(H,30,33)(H,31,35)/b22-13+. The Kier molecular flexibility index (Phi) is 8.39. The summed E-state index contributed by atoms with van der Waals surface area (Å²) < 4.78 is 26.3. The van der Waals surface area contributed by atoms with Crippen LogP contribution in [0.5, 0.6) is 11.5 Å². The van der Waals surface area contributed by atoms with E-state index in [1.165, 1.54) is 24.3 Å². The van der Waals surface area contributed by atoms with Crippen LogP contribution in [0.4, 0.5) is 14.9 Å². The summed E-state index contributed by atoms with van der Waals surface area (Å²) in [4.78, 5) is 38.4. The summed E-state index contributed by atoms with van der Waals surface area (Å²) in [5.41, 5.74) is 1.56. The van der Waals surface area contributed by atoms with Crippen molar-refractivity contribution >= 4 is 52.2 Å². The first kappa shape index (κ1) is 26.1. The Morgan fingerprint density at radius 3 is 2.54 bits per heavy atom. The maximum Gasteiger partial charge on any atom is 0.329 e. The first-order chi connectivity index (χ1) is 17.9. The van der Waals surface area contributed by atoms with E-state index in [-0.39, 0.29) is 11.4 Å². The number of halogens is 2. The minimum Gasteiger partial charge on any atom is -0.490 e. The number of urea groups is 1. The third-order valence-corrected chi connectivity index (χ3v) is 6.08. The zero-order valence-corrected chi connectivity index (χ0v) is 22.0. The van der Waals surface area contributed by atoms with Gasteiger partial charge in [0.1, 0.15) is 24.7 Å². The minimum atomic E-state index is -0.748. The highest BCUT2D eigenvalue weighted by atomic mass is 127. The van der Waals surface area contributed by atoms with Crippen LogP contribution in [-0.4, -0.2) is 35.9 Å². The van der Waals surface area contributed by atoms with Crippen molar-refractivity contribution in [3.05, 3.63) is 92.9 Å². The Hall–Kier alpha value is -3.93. The van der Waals surface area contributed by atoms with E-state index in [4.69, 9.17) is 9.47 Å². The van der Waals surface area contributed by atoms with E-state index in [9.17, 15) is 18.8 Å². The number of anilines is 1. The molecule has 10 heteroatoms. The summed E-state index contributed by atoms with van der Waals surface area (Å²) in [5, 5.41) is 4.85. The van der Waals surface area contributed by atoms with Crippen molar-refractivity contribution in [2.45, 2.75) is 13.5 Å². The molecule has 4 rings (SSSR count). The average molecular weight is 615 g/mol. The molecule has 1 aliphatic rings. The summed E-state index contributed by atoms with van der Waals surface area (Å²) >= 11 is 2.12. The summed E-state index contributed by atoms with van der Waals surface area (Å²) in [5.74, 6) is -0.935. The first-order valence-electron chi connectivity index (χ1n) is 11.4. The van der Waals surface area contributed by atoms with Gasteiger partial charge in [-0.2, -0.15) is 0 Å². The molecule has 0 saturated carbocycles. The third kappa shape index (κ3) is 6.45. The van der Waals surface area contributed by atoms with E-state index in [0.29, 0.717) is 30.3 Å². The van der Waals surface area contributed by atoms with Crippen LogP contribution in [0.1, 0.15) is 18.1 Å². The Morgan fingerprint density at radius 2 is 1.81 bits per heavy atom. The fourth-order valence-electron chi connectivity index (χ4n) is 3.58. The predicted octanol–water partition coefficient (Wildman–Crippen LogP) is 4.94. The molecule has 1 heterocycles. The van der Waals surface area contributed by atoms with Gasteiger partial charge < -0.3 is 20.1 Å². The highest BCUT2D eigenvalue weighted by Crippen LogP contribution is 2.35. The molecule has 0 bridgehead atoms. The zero-order valence-electron chi connectivity index (χ0n) is 19.8. The topological polar surface area (TPSA) is 97.0 Å². The lowest BCUT2D eigenvalue weighted by Crippen LogP contribution is -2.38. The molecular formula is C27H23FIN3O5. The molecule has 0 aromatic heterocycles. The van der Waals surface area contributed by atoms with Crippen LogP contribution >= 0.6 is 22.6 Å². The second-order valence-corrected chi connectivity index (χ2v) is 9.11. The molecule has 0 unspecified atom stereocenters. The minimum absolute atomic E-state index is 0.0000981. The number of carbonyl (C=O) groups is 3. The molecule has 37 heavy (non-hydrogen) atoms. The largest absolute Gasteiger partial charge is 0.490 e. The monoisotopic (exact) mass is 615 g/mol. The van der Waals surface area contributed by atoms with Crippen molar-refractivity contribution < 1.29 is 28.2 Å². The van der Waals surface area contributed by atoms with E-state index in [1.807, 2.05) is 37.3 Å². The maximum atomic E-state index is 13.8. The number of rotatable bonds is 9. The maximum absolute atomic E-state index is 13.8. The van der Waals surface area contributed by atoms with E-state index in [1.54, 1.807) is 18.2 Å². The summed E-state index contributed by atoms with van der Waals surface area (Å²) in [6.45, 7) is 2.04. The van der Waals surface area contributed by atoms with Crippen molar-refractivity contribution in [1.29, 1.82) is 0 Å². The van der Waals surface area contributed by atoms with Gasteiger partial charge in [-0.15, -0.1) is 0 Å². The zero-order chi connectivity index (χ0) is 26.4.